The van der Waals surface area contributed by atoms with Gasteiger partial charge in [-0.05, 0) is 32.2 Å². The van der Waals surface area contributed by atoms with Crippen molar-refractivity contribution in [2.45, 2.75) is 6.92 Å². The van der Waals surface area contributed by atoms with Crippen LogP contribution in [0.15, 0.2) is 28.2 Å². The summed E-state index contributed by atoms with van der Waals surface area (Å²) in [5.41, 5.74) is 1.72. The number of hydrogen-bond donors (Lipinski definition) is 1. The summed E-state index contributed by atoms with van der Waals surface area (Å²) in [5, 5.41) is 3.02. The number of halogens is 2. The molecule has 0 aliphatic heterocycles. The first-order valence-corrected chi connectivity index (χ1v) is 5.19. The first-order valence-electron chi connectivity index (χ1n) is 4.40. The van der Waals surface area contributed by atoms with Crippen LogP contribution in [0.1, 0.15) is 12.5 Å². The Kier molecular flexibility index (Phi) is 4.29. The molecule has 1 N–H and O–H groups in total. The van der Waals surface area contributed by atoms with Crippen LogP contribution >= 0.6 is 15.9 Å². The van der Waals surface area contributed by atoms with E-state index in [4.69, 9.17) is 0 Å². The van der Waals surface area contributed by atoms with Crippen LogP contribution in [-0.4, -0.2) is 13.6 Å². The zero-order chi connectivity index (χ0) is 10.6. The Bertz CT molecular complexity index is 347. The van der Waals surface area contributed by atoms with E-state index in [0.29, 0.717) is 5.56 Å². The van der Waals surface area contributed by atoms with Gasteiger partial charge in [0.15, 0.2) is 0 Å². The summed E-state index contributed by atoms with van der Waals surface area (Å²) in [6, 6.07) is 4.93. The molecule has 0 saturated heterocycles. The highest BCUT2D eigenvalue weighted by Crippen LogP contribution is 2.17. The maximum atomic E-state index is 13.3. The van der Waals surface area contributed by atoms with E-state index in [9.17, 15) is 4.39 Å². The zero-order valence-electron chi connectivity index (χ0n) is 8.27. The van der Waals surface area contributed by atoms with E-state index < -0.39 is 0 Å². The van der Waals surface area contributed by atoms with Crippen molar-refractivity contribution in [2.24, 2.45) is 0 Å². The van der Waals surface area contributed by atoms with Crippen molar-refractivity contribution < 1.29 is 4.39 Å². The van der Waals surface area contributed by atoms with Crippen molar-refractivity contribution in [3.63, 3.8) is 0 Å². The summed E-state index contributed by atoms with van der Waals surface area (Å²) in [6.07, 6.45) is 1.84. The molecule has 0 radical (unpaired) electrons. The smallest absolute Gasteiger partial charge is 0.130 e. The van der Waals surface area contributed by atoms with Crippen LogP contribution in [0, 0.1) is 5.82 Å². The van der Waals surface area contributed by atoms with Gasteiger partial charge in [0.05, 0.1) is 0 Å². The third kappa shape index (κ3) is 3.24. The summed E-state index contributed by atoms with van der Waals surface area (Å²) < 4.78 is 14.2. The van der Waals surface area contributed by atoms with E-state index in [1.165, 1.54) is 6.07 Å². The molecular weight excluding hydrogens is 245 g/mol. The Morgan fingerprint density at radius 1 is 1.57 bits per heavy atom. The van der Waals surface area contributed by atoms with E-state index in [-0.39, 0.29) is 5.82 Å². The van der Waals surface area contributed by atoms with Gasteiger partial charge in [-0.15, -0.1) is 0 Å². The fourth-order valence-corrected chi connectivity index (χ4v) is 1.60. The van der Waals surface area contributed by atoms with Crippen LogP contribution in [0.5, 0.6) is 0 Å². The SMILES string of the molecule is CNCC(C)=Cc1cc(Br)ccc1F. The Labute approximate surface area is 92.1 Å². The number of benzene rings is 1. The molecule has 0 heterocycles. The maximum Gasteiger partial charge on any atom is 0.130 e. The molecule has 0 aliphatic carbocycles. The number of rotatable bonds is 3. The highest BCUT2D eigenvalue weighted by molar-refractivity contribution is 9.10. The molecule has 76 valence electrons. The average molecular weight is 258 g/mol. The van der Waals surface area contributed by atoms with E-state index in [1.54, 1.807) is 12.1 Å². The third-order valence-corrected chi connectivity index (χ3v) is 2.31. The first kappa shape index (κ1) is 11.4. The summed E-state index contributed by atoms with van der Waals surface area (Å²) in [5.74, 6) is -0.191. The lowest BCUT2D eigenvalue weighted by Gasteiger charge is -2.02. The molecule has 14 heavy (non-hydrogen) atoms. The summed E-state index contributed by atoms with van der Waals surface area (Å²) in [6.45, 7) is 2.74. The molecule has 1 nitrogen and oxygen atoms in total. The molecule has 1 aromatic rings. The summed E-state index contributed by atoms with van der Waals surface area (Å²) in [7, 11) is 1.87. The maximum absolute atomic E-state index is 13.3. The number of nitrogens with one attached hydrogen (secondary N) is 1. The molecule has 0 unspecified atom stereocenters. The average Bonchev–Trinajstić information content (AvgIpc) is 2.12. The predicted molar refractivity (Wildman–Crippen MR) is 61.7 cm³/mol. The molecule has 1 rings (SSSR count). The fraction of sp³-hybridized carbons (Fsp3) is 0.273. The van der Waals surface area contributed by atoms with Crippen molar-refractivity contribution in [3.05, 3.63) is 39.6 Å². The van der Waals surface area contributed by atoms with Crippen LogP contribution in [0.2, 0.25) is 0 Å². The molecule has 0 saturated carbocycles. The van der Waals surface area contributed by atoms with Gasteiger partial charge in [-0.1, -0.05) is 27.6 Å². The Morgan fingerprint density at radius 3 is 2.93 bits per heavy atom. The van der Waals surface area contributed by atoms with Crippen molar-refractivity contribution in [2.75, 3.05) is 13.6 Å². The fourth-order valence-electron chi connectivity index (χ4n) is 1.22. The minimum atomic E-state index is -0.191. The van der Waals surface area contributed by atoms with Gasteiger partial charge in [-0.2, -0.15) is 0 Å². The molecule has 0 fully saturated rings. The standard InChI is InChI=1S/C11H13BrFN/c1-8(7-14-2)5-9-6-10(12)3-4-11(9)13/h3-6,14H,7H2,1-2H3. The van der Waals surface area contributed by atoms with Gasteiger partial charge >= 0.3 is 0 Å². The van der Waals surface area contributed by atoms with Gasteiger partial charge in [0.2, 0.25) is 0 Å². The third-order valence-electron chi connectivity index (χ3n) is 1.82. The highest BCUT2D eigenvalue weighted by atomic mass is 79.9. The number of likely N-dealkylation sites (N-methyl/N-ethyl adjacent to an activating group) is 1. The van der Waals surface area contributed by atoms with E-state index in [0.717, 1.165) is 16.6 Å². The van der Waals surface area contributed by atoms with Crippen molar-refractivity contribution in [1.82, 2.24) is 5.32 Å². The van der Waals surface area contributed by atoms with Crippen LogP contribution in [0.3, 0.4) is 0 Å². The van der Waals surface area contributed by atoms with Gasteiger partial charge in [0.1, 0.15) is 5.82 Å². The van der Waals surface area contributed by atoms with Gasteiger partial charge in [0, 0.05) is 16.6 Å². The molecule has 0 aliphatic rings. The molecule has 0 spiro atoms. The minimum absolute atomic E-state index is 0.191. The second-order valence-corrected chi connectivity index (χ2v) is 4.10. The second kappa shape index (κ2) is 5.27. The minimum Gasteiger partial charge on any atom is -0.316 e. The normalized spacial score (nSPS) is 11.9. The monoisotopic (exact) mass is 257 g/mol. The van der Waals surface area contributed by atoms with Gasteiger partial charge < -0.3 is 5.32 Å². The van der Waals surface area contributed by atoms with Crippen LogP contribution in [0.4, 0.5) is 4.39 Å². The largest absolute Gasteiger partial charge is 0.316 e. The van der Waals surface area contributed by atoms with Gasteiger partial charge in [0.25, 0.3) is 0 Å². The molecule has 0 aromatic heterocycles. The topological polar surface area (TPSA) is 12.0 Å². The van der Waals surface area contributed by atoms with E-state index in [1.807, 2.05) is 20.0 Å². The highest BCUT2D eigenvalue weighted by Gasteiger charge is 1.99. The van der Waals surface area contributed by atoms with E-state index >= 15 is 0 Å². The molecular formula is C11H13BrFN. The summed E-state index contributed by atoms with van der Waals surface area (Å²) >= 11 is 3.31. The molecule has 0 atom stereocenters. The van der Waals surface area contributed by atoms with Gasteiger partial charge in [-0.25, -0.2) is 4.39 Å². The van der Waals surface area contributed by atoms with Crippen LogP contribution in [-0.2, 0) is 0 Å². The van der Waals surface area contributed by atoms with Crippen LogP contribution < -0.4 is 5.32 Å². The predicted octanol–water partition coefficient (Wildman–Crippen LogP) is 3.21. The van der Waals surface area contributed by atoms with Crippen molar-refractivity contribution in [1.29, 1.82) is 0 Å². The lowest BCUT2D eigenvalue weighted by molar-refractivity contribution is 0.624. The van der Waals surface area contributed by atoms with Gasteiger partial charge in [-0.3, -0.25) is 0 Å². The lowest BCUT2D eigenvalue weighted by Crippen LogP contribution is -2.08. The molecule has 3 heteroatoms. The zero-order valence-corrected chi connectivity index (χ0v) is 9.86. The molecule has 0 amide bonds. The van der Waals surface area contributed by atoms with E-state index in [2.05, 4.69) is 21.2 Å². The quantitative estimate of drug-likeness (QED) is 0.877. The van der Waals surface area contributed by atoms with Crippen molar-refractivity contribution in [3.8, 4) is 0 Å². The Morgan fingerprint density at radius 2 is 2.29 bits per heavy atom. The molecule has 1 aromatic carbocycles. The first-order chi connectivity index (χ1) is 6.63. The summed E-state index contributed by atoms with van der Waals surface area (Å²) in [4.78, 5) is 0. The Hall–Kier alpha value is -0.670. The van der Waals surface area contributed by atoms with Crippen molar-refractivity contribution >= 4 is 22.0 Å². The second-order valence-electron chi connectivity index (χ2n) is 3.19. The number of hydrogen-bond acceptors (Lipinski definition) is 1. The Balaban J connectivity index is 2.95. The molecule has 0 bridgehead atoms. The van der Waals surface area contributed by atoms with Crippen LogP contribution in [0.25, 0.3) is 6.08 Å². The lowest BCUT2D eigenvalue weighted by atomic mass is 10.1.